The number of H-pyrrole nitrogens is 1. The highest BCUT2D eigenvalue weighted by atomic mass is 16.1. The number of nitrogens with zero attached hydrogens (tertiary/aromatic N) is 3. The van der Waals surface area contributed by atoms with Gasteiger partial charge in [-0.25, -0.2) is 0 Å². The Morgan fingerprint density at radius 1 is 1.36 bits per heavy atom. The van der Waals surface area contributed by atoms with Gasteiger partial charge >= 0.3 is 0 Å². The van der Waals surface area contributed by atoms with Crippen LogP contribution in [0.15, 0.2) is 30.7 Å². The smallest absolute Gasteiger partial charge is 0.220 e. The van der Waals surface area contributed by atoms with E-state index in [1.807, 2.05) is 24.5 Å². The molecule has 3 rings (SSSR count). The van der Waals surface area contributed by atoms with Gasteiger partial charge in [-0.2, -0.15) is 5.10 Å². The average molecular weight is 342 g/mol. The second-order valence-electron chi connectivity index (χ2n) is 6.56. The fourth-order valence-electron chi connectivity index (χ4n) is 3.30. The maximum absolute atomic E-state index is 11.2. The van der Waals surface area contributed by atoms with Crippen molar-refractivity contribution in [2.75, 3.05) is 26.2 Å². The highest BCUT2D eigenvalue weighted by Crippen LogP contribution is 2.19. The number of nitrogens with one attached hydrogen (secondary N) is 2. The van der Waals surface area contributed by atoms with Gasteiger partial charge < -0.3 is 16.0 Å². The Labute approximate surface area is 148 Å². The first-order valence-electron chi connectivity index (χ1n) is 8.89. The third-order valence-corrected chi connectivity index (χ3v) is 4.80. The van der Waals surface area contributed by atoms with Crippen molar-refractivity contribution >= 4 is 5.91 Å². The minimum atomic E-state index is -0.147. The molecule has 0 spiro atoms. The van der Waals surface area contributed by atoms with Crippen molar-refractivity contribution in [3.05, 3.63) is 36.3 Å². The van der Waals surface area contributed by atoms with Crippen molar-refractivity contribution in [3.8, 4) is 11.3 Å². The van der Waals surface area contributed by atoms with Gasteiger partial charge in [-0.05, 0) is 57.6 Å². The predicted octanol–water partition coefficient (Wildman–Crippen LogP) is 1.15. The molecule has 0 saturated carbocycles. The molecule has 1 saturated heterocycles. The van der Waals surface area contributed by atoms with Crippen LogP contribution in [0.3, 0.4) is 0 Å². The number of piperidine rings is 1. The number of carbonyl (C=O) groups is 1. The summed E-state index contributed by atoms with van der Waals surface area (Å²) in [6, 6.07) is 3.95. The zero-order chi connectivity index (χ0) is 17.5. The first kappa shape index (κ1) is 17.6. The summed E-state index contributed by atoms with van der Waals surface area (Å²) in [6.07, 6.45) is 8.35. The minimum Gasteiger partial charge on any atom is -0.369 e. The van der Waals surface area contributed by atoms with Crippen molar-refractivity contribution in [2.24, 2.45) is 11.7 Å². The lowest BCUT2D eigenvalue weighted by molar-refractivity contribution is -0.123. The molecule has 0 aromatic carbocycles. The highest BCUT2D eigenvalue weighted by Gasteiger charge is 2.22. The molecular formula is C18H26N6O. The lowest BCUT2D eigenvalue weighted by Gasteiger charge is -2.30. The predicted molar refractivity (Wildman–Crippen MR) is 96.5 cm³/mol. The van der Waals surface area contributed by atoms with Crippen LogP contribution in [0.5, 0.6) is 0 Å². The molecule has 0 radical (unpaired) electrons. The number of aromatic amines is 1. The van der Waals surface area contributed by atoms with Crippen LogP contribution in [-0.2, 0) is 11.3 Å². The van der Waals surface area contributed by atoms with E-state index in [1.54, 1.807) is 6.20 Å². The lowest BCUT2D eigenvalue weighted by atomic mass is 9.96. The van der Waals surface area contributed by atoms with E-state index < -0.39 is 0 Å². The Morgan fingerprint density at radius 3 is 2.92 bits per heavy atom. The maximum Gasteiger partial charge on any atom is 0.220 e. The Balaban J connectivity index is 1.36. The van der Waals surface area contributed by atoms with Gasteiger partial charge in [0.25, 0.3) is 0 Å². The van der Waals surface area contributed by atoms with Gasteiger partial charge in [0, 0.05) is 36.0 Å². The number of nitrogens with two attached hydrogens (primary N) is 1. The molecule has 7 nitrogen and oxygen atoms in total. The van der Waals surface area contributed by atoms with E-state index in [0.29, 0.717) is 0 Å². The number of aromatic nitrogens is 3. The fourth-order valence-corrected chi connectivity index (χ4v) is 3.30. The lowest BCUT2D eigenvalue weighted by Crippen LogP contribution is -2.39. The second-order valence-corrected chi connectivity index (χ2v) is 6.56. The SMILES string of the molecule is NC(=O)C1CCN(CCCNCc2cn[nH]c2-c2cccnc2)CC1. The highest BCUT2D eigenvalue weighted by molar-refractivity contribution is 5.76. The molecule has 4 N–H and O–H groups in total. The molecule has 1 aliphatic rings. The van der Waals surface area contributed by atoms with Gasteiger partial charge in [0.1, 0.15) is 0 Å². The zero-order valence-corrected chi connectivity index (χ0v) is 14.4. The molecule has 25 heavy (non-hydrogen) atoms. The molecule has 0 bridgehead atoms. The van der Waals surface area contributed by atoms with Gasteiger partial charge in [0.05, 0.1) is 11.9 Å². The largest absolute Gasteiger partial charge is 0.369 e. The maximum atomic E-state index is 11.2. The number of likely N-dealkylation sites (tertiary alicyclic amines) is 1. The van der Waals surface area contributed by atoms with Crippen LogP contribution < -0.4 is 11.1 Å². The number of carbonyl (C=O) groups excluding carboxylic acids is 1. The summed E-state index contributed by atoms with van der Waals surface area (Å²) in [7, 11) is 0. The van der Waals surface area contributed by atoms with E-state index in [-0.39, 0.29) is 11.8 Å². The van der Waals surface area contributed by atoms with E-state index in [9.17, 15) is 4.79 Å². The summed E-state index contributed by atoms with van der Waals surface area (Å²) in [5, 5.41) is 10.7. The van der Waals surface area contributed by atoms with E-state index in [0.717, 1.165) is 68.8 Å². The van der Waals surface area contributed by atoms with Crippen LogP contribution in [0.4, 0.5) is 0 Å². The molecule has 134 valence electrons. The number of rotatable bonds is 8. The third kappa shape index (κ3) is 4.87. The third-order valence-electron chi connectivity index (χ3n) is 4.80. The van der Waals surface area contributed by atoms with Crippen LogP contribution in [0.2, 0.25) is 0 Å². The molecule has 0 aliphatic carbocycles. The van der Waals surface area contributed by atoms with Crippen molar-refractivity contribution in [2.45, 2.75) is 25.8 Å². The number of primary amides is 1. The van der Waals surface area contributed by atoms with E-state index >= 15 is 0 Å². The van der Waals surface area contributed by atoms with Gasteiger partial charge in [0.2, 0.25) is 5.91 Å². The van der Waals surface area contributed by atoms with Gasteiger partial charge in [-0.15, -0.1) is 0 Å². The van der Waals surface area contributed by atoms with E-state index in [2.05, 4.69) is 25.4 Å². The van der Waals surface area contributed by atoms with Crippen LogP contribution in [-0.4, -0.2) is 52.2 Å². The van der Waals surface area contributed by atoms with E-state index in [1.165, 1.54) is 0 Å². The second kappa shape index (κ2) is 8.73. The summed E-state index contributed by atoms with van der Waals surface area (Å²) in [6.45, 7) is 4.73. The topological polar surface area (TPSA) is 99.9 Å². The average Bonchev–Trinajstić information content (AvgIpc) is 3.11. The first-order valence-corrected chi connectivity index (χ1v) is 8.89. The van der Waals surface area contributed by atoms with Crippen LogP contribution in [0.1, 0.15) is 24.8 Å². The fraction of sp³-hybridized carbons (Fsp3) is 0.500. The molecule has 1 fully saturated rings. The standard InChI is InChI=1S/C18H26N6O/c19-18(25)14-4-9-24(10-5-14)8-2-7-21-12-16-13-22-23-17(16)15-3-1-6-20-11-15/h1,3,6,11,13-14,21H,2,4-5,7-10,12H2,(H2,19,25)(H,22,23). The van der Waals surface area contributed by atoms with Crippen LogP contribution in [0, 0.1) is 5.92 Å². The summed E-state index contributed by atoms with van der Waals surface area (Å²) in [5.41, 5.74) is 8.59. The number of hydrogen-bond acceptors (Lipinski definition) is 5. The Bertz CT molecular complexity index is 663. The quantitative estimate of drug-likeness (QED) is 0.625. The van der Waals surface area contributed by atoms with Crippen molar-refractivity contribution in [3.63, 3.8) is 0 Å². The van der Waals surface area contributed by atoms with Crippen molar-refractivity contribution < 1.29 is 4.79 Å². The minimum absolute atomic E-state index is 0.0707. The molecule has 1 amide bonds. The van der Waals surface area contributed by atoms with Gasteiger partial charge in [-0.3, -0.25) is 14.9 Å². The number of amides is 1. The van der Waals surface area contributed by atoms with Gasteiger partial charge in [-0.1, -0.05) is 0 Å². The Kier molecular flexibility index (Phi) is 6.14. The summed E-state index contributed by atoms with van der Waals surface area (Å²) < 4.78 is 0. The molecule has 0 atom stereocenters. The molecule has 2 aromatic heterocycles. The normalized spacial score (nSPS) is 16.2. The monoisotopic (exact) mass is 342 g/mol. The molecular weight excluding hydrogens is 316 g/mol. The van der Waals surface area contributed by atoms with Crippen LogP contribution >= 0.6 is 0 Å². The zero-order valence-electron chi connectivity index (χ0n) is 14.4. The first-order chi connectivity index (χ1) is 12.2. The molecule has 2 aromatic rings. The molecule has 1 aliphatic heterocycles. The molecule has 0 unspecified atom stereocenters. The number of pyridine rings is 1. The molecule has 3 heterocycles. The number of hydrogen-bond donors (Lipinski definition) is 3. The molecule has 7 heteroatoms. The van der Waals surface area contributed by atoms with Gasteiger partial charge in [0.15, 0.2) is 0 Å². The van der Waals surface area contributed by atoms with E-state index in [4.69, 9.17) is 5.73 Å². The van der Waals surface area contributed by atoms with Crippen LogP contribution in [0.25, 0.3) is 11.3 Å². The summed E-state index contributed by atoms with van der Waals surface area (Å²) in [5.74, 6) is -0.0767. The Hall–Kier alpha value is -2.25. The Morgan fingerprint density at radius 2 is 2.20 bits per heavy atom. The van der Waals surface area contributed by atoms with Crippen molar-refractivity contribution in [1.29, 1.82) is 0 Å². The summed E-state index contributed by atoms with van der Waals surface area (Å²) >= 11 is 0. The summed E-state index contributed by atoms with van der Waals surface area (Å²) in [4.78, 5) is 17.8. The van der Waals surface area contributed by atoms with Crippen molar-refractivity contribution in [1.82, 2.24) is 25.4 Å².